The van der Waals surface area contributed by atoms with Gasteiger partial charge in [0.2, 0.25) is 5.91 Å². The molecule has 1 aromatic carbocycles. The van der Waals surface area contributed by atoms with Crippen LogP contribution in [0.15, 0.2) is 12.1 Å². The van der Waals surface area contributed by atoms with E-state index in [1.54, 1.807) is 13.8 Å². The van der Waals surface area contributed by atoms with E-state index in [0.717, 1.165) is 25.9 Å². The topological polar surface area (TPSA) is 105 Å². The summed E-state index contributed by atoms with van der Waals surface area (Å²) in [6, 6.07) is 2.86. The minimum absolute atomic E-state index is 0. The number of carbonyl (C=O) groups excluding carboxylic acids is 1. The summed E-state index contributed by atoms with van der Waals surface area (Å²) in [7, 11) is 0. The molecule has 0 radical (unpaired) electrons. The van der Waals surface area contributed by atoms with Crippen molar-refractivity contribution >= 4 is 29.7 Å². The van der Waals surface area contributed by atoms with Gasteiger partial charge in [-0.25, -0.2) is 0 Å². The van der Waals surface area contributed by atoms with Crippen LogP contribution in [-0.2, 0) is 11.2 Å². The quantitative estimate of drug-likeness (QED) is 0.611. The average molecular weight is 386 g/mol. The molecule has 2 aliphatic heterocycles. The maximum atomic E-state index is 11.4. The summed E-state index contributed by atoms with van der Waals surface area (Å²) in [5.41, 5.74) is -1.60. The van der Waals surface area contributed by atoms with Gasteiger partial charge in [-0.05, 0) is 32.8 Å². The molecule has 1 fully saturated rings. The van der Waals surface area contributed by atoms with Crippen LogP contribution in [0.3, 0.4) is 0 Å². The van der Waals surface area contributed by atoms with Crippen molar-refractivity contribution in [3.05, 3.63) is 27.8 Å². The smallest absolute Gasteiger partial charge is 0.296 e. The maximum Gasteiger partial charge on any atom is 0.296 e. The van der Waals surface area contributed by atoms with Crippen molar-refractivity contribution in [1.29, 1.82) is 0 Å². The van der Waals surface area contributed by atoms with Gasteiger partial charge in [-0.2, -0.15) is 0 Å². The molecule has 0 spiro atoms. The molecule has 9 heteroatoms. The predicted molar refractivity (Wildman–Crippen MR) is 98.8 cm³/mol. The van der Waals surface area contributed by atoms with E-state index in [4.69, 9.17) is 4.74 Å². The average Bonchev–Trinajstić information content (AvgIpc) is 3.02. The number of anilines is 1. The number of rotatable bonds is 3. The number of nitrogens with one attached hydrogen (secondary N) is 1. The number of hydrogen-bond donors (Lipinski definition) is 2. The van der Waals surface area contributed by atoms with E-state index in [1.165, 1.54) is 19.1 Å². The lowest BCUT2D eigenvalue weighted by Crippen LogP contribution is -2.66. The summed E-state index contributed by atoms with van der Waals surface area (Å²) in [5.74, 6) is -0.0235. The number of benzene rings is 1. The van der Waals surface area contributed by atoms with E-state index in [9.17, 15) is 20.0 Å². The zero-order chi connectivity index (χ0) is 18.4. The molecule has 0 saturated carbocycles. The van der Waals surface area contributed by atoms with Crippen LogP contribution in [0.2, 0.25) is 0 Å². The molecule has 1 saturated heterocycles. The first-order valence-corrected chi connectivity index (χ1v) is 8.39. The first kappa shape index (κ1) is 20.4. The fourth-order valence-electron chi connectivity index (χ4n) is 3.70. The first-order valence-electron chi connectivity index (χ1n) is 8.39. The Morgan fingerprint density at radius 2 is 1.96 bits per heavy atom. The normalized spacial score (nSPS) is 24.2. The van der Waals surface area contributed by atoms with Gasteiger partial charge in [0.1, 0.15) is 17.0 Å². The molecule has 0 bridgehead atoms. The second-order valence-electron chi connectivity index (χ2n) is 7.22. The van der Waals surface area contributed by atoms with Crippen LogP contribution in [0.5, 0.6) is 5.75 Å². The molecule has 2 aliphatic rings. The zero-order valence-corrected chi connectivity index (χ0v) is 15.9. The minimum Gasteiger partial charge on any atom is -0.483 e. The van der Waals surface area contributed by atoms with Gasteiger partial charge in [-0.15, -0.1) is 12.4 Å². The Morgan fingerprint density at radius 3 is 2.50 bits per heavy atom. The van der Waals surface area contributed by atoms with Crippen molar-refractivity contribution in [2.24, 2.45) is 0 Å². The number of nitro groups is 1. The Bertz CT molecular complexity index is 733. The van der Waals surface area contributed by atoms with Gasteiger partial charge >= 0.3 is 0 Å². The Morgan fingerprint density at radius 1 is 1.35 bits per heavy atom. The molecule has 0 aliphatic carbocycles. The second kappa shape index (κ2) is 7.02. The summed E-state index contributed by atoms with van der Waals surface area (Å²) in [6.07, 6.45) is 2.31. The van der Waals surface area contributed by atoms with Crippen LogP contribution in [0.4, 0.5) is 11.4 Å². The standard InChI is InChI=1S/C17H23N3O5.ClH/c1-11(21)18-13-8-12-10-17(22,19-6-4-5-7-19)16(2,3)25-15(12)9-14(13)20(23)24;/h8-9,22H,4-7,10H2,1-3H3,(H,18,21);1H. The van der Waals surface area contributed by atoms with Crippen LogP contribution in [0.25, 0.3) is 0 Å². The molecule has 2 heterocycles. The molecule has 0 aromatic heterocycles. The highest BCUT2D eigenvalue weighted by molar-refractivity contribution is 5.91. The van der Waals surface area contributed by atoms with Gasteiger partial charge in [0.25, 0.3) is 5.69 Å². The molecular formula is C17H24ClN3O5. The largest absolute Gasteiger partial charge is 0.483 e. The van der Waals surface area contributed by atoms with Crippen molar-refractivity contribution in [1.82, 2.24) is 4.90 Å². The number of hydrogen-bond acceptors (Lipinski definition) is 6. The first-order chi connectivity index (χ1) is 11.6. The fraction of sp³-hybridized carbons (Fsp3) is 0.588. The number of nitro benzene ring substituents is 1. The Kier molecular flexibility index (Phi) is 5.51. The maximum absolute atomic E-state index is 11.4. The molecule has 8 nitrogen and oxygen atoms in total. The van der Waals surface area contributed by atoms with Crippen LogP contribution < -0.4 is 10.1 Å². The van der Waals surface area contributed by atoms with Crippen molar-refractivity contribution in [2.75, 3.05) is 18.4 Å². The fourth-order valence-corrected chi connectivity index (χ4v) is 3.70. The van der Waals surface area contributed by atoms with E-state index in [1.807, 2.05) is 4.90 Å². The number of carbonyl (C=O) groups is 1. The van der Waals surface area contributed by atoms with Gasteiger partial charge in [0, 0.05) is 32.0 Å². The Balaban J connectivity index is 0.00000243. The van der Waals surface area contributed by atoms with Crippen molar-refractivity contribution < 1.29 is 19.6 Å². The third-order valence-corrected chi connectivity index (χ3v) is 5.08. The molecule has 3 rings (SSSR count). The number of aliphatic hydroxyl groups is 1. The SMILES string of the molecule is CC(=O)Nc1cc2c(cc1[N+](=O)[O-])OC(C)(C)C(O)(N1CCCC1)C2.Cl. The molecular weight excluding hydrogens is 362 g/mol. The zero-order valence-electron chi connectivity index (χ0n) is 15.1. The summed E-state index contributed by atoms with van der Waals surface area (Å²) in [4.78, 5) is 24.2. The molecule has 1 amide bonds. The highest BCUT2D eigenvalue weighted by Crippen LogP contribution is 2.45. The lowest BCUT2D eigenvalue weighted by Gasteiger charge is -2.51. The number of ether oxygens (including phenoxy) is 1. The minimum atomic E-state index is -1.21. The van der Waals surface area contributed by atoms with Gasteiger partial charge in [-0.1, -0.05) is 0 Å². The van der Waals surface area contributed by atoms with Crippen LogP contribution >= 0.6 is 12.4 Å². The van der Waals surface area contributed by atoms with E-state index >= 15 is 0 Å². The second-order valence-corrected chi connectivity index (χ2v) is 7.22. The Labute approximate surface area is 158 Å². The van der Waals surface area contributed by atoms with Gasteiger partial charge in [0.15, 0.2) is 5.72 Å². The van der Waals surface area contributed by atoms with E-state index in [2.05, 4.69) is 5.32 Å². The molecule has 1 aromatic rings. The Hall–Kier alpha value is -1.90. The molecule has 1 unspecified atom stereocenters. The summed E-state index contributed by atoms with van der Waals surface area (Å²) in [5, 5.41) is 25.2. The van der Waals surface area contributed by atoms with Crippen LogP contribution in [0.1, 0.15) is 39.2 Å². The van der Waals surface area contributed by atoms with Crippen molar-refractivity contribution in [2.45, 2.75) is 51.4 Å². The van der Waals surface area contributed by atoms with Crippen LogP contribution in [-0.4, -0.2) is 45.3 Å². The van der Waals surface area contributed by atoms with Gasteiger partial charge in [0.05, 0.1) is 11.0 Å². The highest BCUT2D eigenvalue weighted by Gasteiger charge is 2.54. The lowest BCUT2D eigenvalue weighted by atomic mass is 9.83. The van der Waals surface area contributed by atoms with Crippen molar-refractivity contribution in [3.8, 4) is 5.75 Å². The molecule has 1 atom stereocenters. The third kappa shape index (κ3) is 3.36. The molecule has 26 heavy (non-hydrogen) atoms. The number of amides is 1. The van der Waals surface area contributed by atoms with E-state index in [-0.39, 0.29) is 30.2 Å². The van der Waals surface area contributed by atoms with Gasteiger partial charge < -0.3 is 15.2 Å². The lowest BCUT2D eigenvalue weighted by molar-refractivity contribution is -0.384. The number of nitrogens with zero attached hydrogens (tertiary/aromatic N) is 2. The number of fused-ring (bicyclic) bond motifs is 1. The number of likely N-dealkylation sites (tertiary alicyclic amines) is 1. The monoisotopic (exact) mass is 385 g/mol. The van der Waals surface area contributed by atoms with Crippen LogP contribution in [0, 0.1) is 10.1 Å². The highest BCUT2D eigenvalue weighted by atomic mass is 35.5. The summed E-state index contributed by atoms with van der Waals surface area (Å²) in [6.45, 7) is 6.45. The summed E-state index contributed by atoms with van der Waals surface area (Å²) >= 11 is 0. The summed E-state index contributed by atoms with van der Waals surface area (Å²) < 4.78 is 5.99. The molecule has 2 N–H and O–H groups in total. The van der Waals surface area contributed by atoms with E-state index < -0.39 is 22.2 Å². The van der Waals surface area contributed by atoms with Crippen molar-refractivity contribution in [3.63, 3.8) is 0 Å². The third-order valence-electron chi connectivity index (χ3n) is 5.08. The van der Waals surface area contributed by atoms with Gasteiger partial charge in [-0.3, -0.25) is 19.8 Å². The molecule has 144 valence electrons. The predicted octanol–water partition coefficient (Wildman–Crippen LogP) is 2.47. The number of halogens is 1. The van der Waals surface area contributed by atoms with E-state index in [0.29, 0.717) is 11.3 Å².